The van der Waals surface area contributed by atoms with E-state index in [1.165, 1.54) is 0 Å². The number of benzene rings is 1. The van der Waals surface area contributed by atoms with Crippen molar-refractivity contribution in [2.24, 2.45) is 7.05 Å². The summed E-state index contributed by atoms with van der Waals surface area (Å²) in [5.41, 5.74) is 2.80. The molecule has 4 rings (SSSR count). The standard InChI is InChI=1S/C16H19N5O2/c1-3-14-18-15(23-19-14)10-4-5-13-12(8-10)17-16(20(13)2)21-7-6-11(22)9-21/h4-5,8,11,22H,3,6-7,9H2,1-2H3/t11-/m0/s1. The number of fused-ring (bicyclic) bond motifs is 1. The number of aryl methyl sites for hydroxylation is 2. The third kappa shape index (κ3) is 2.37. The van der Waals surface area contributed by atoms with Crippen LogP contribution in [0.25, 0.3) is 22.5 Å². The van der Waals surface area contributed by atoms with Crippen LogP contribution in [0.15, 0.2) is 22.7 Å². The van der Waals surface area contributed by atoms with Crippen molar-refractivity contribution in [2.75, 3.05) is 18.0 Å². The van der Waals surface area contributed by atoms with Crippen LogP contribution in [0, 0.1) is 0 Å². The average Bonchev–Trinajstić information content (AvgIpc) is 3.26. The zero-order chi connectivity index (χ0) is 16.0. The Morgan fingerprint density at radius 1 is 1.35 bits per heavy atom. The van der Waals surface area contributed by atoms with E-state index in [1.807, 2.05) is 32.2 Å². The minimum absolute atomic E-state index is 0.267. The molecular weight excluding hydrogens is 294 g/mol. The van der Waals surface area contributed by atoms with Crippen LogP contribution in [0.2, 0.25) is 0 Å². The molecule has 0 unspecified atom stereocenters. The van der Waals surface area contributed by atoms with Crippen molar-refractivity contribution in [3.05, 3.63) is 24.0 Å². The monoisotopic (exact) mass is 313 g/mol. The first-order valence-corrected chi connectivity index (χ1v) is 7.88. The topological polar surface area (TPSA) is 80.2 Å². The van der Waals surface area contributed by atoms with E-state index in [4.69, 9.17) is 9.51 Å². The zero-order valence-electron chi connectivity index (χ0n) is 13.2. The third-order valence-electron chi connectivity index (χ3n) is 4.33. The molecule has 23 heavy (non-hydrogen) atoms. The molecule has 1 aliphatic rings. The Hall–Kier alpha value is -2.41. The lowest BCUT2D eigenvalue weighted by Crippen LogP contribution is -2.24. The van der Waals surface area contributed by atoms with Crippen molar-refractivity contribution in [2.45, 2.75) is 25.9 Å². The second-order valence-electron chi connectivity index (χ2n) is 5.93. The highest BCUT2D eigenvalue weighted by Crippen LogP contribution is 2.28. The van der Waals surface area contributed by atoms with Crippen LogP contribution in [0.3, 0.4) is 0 Å². The number of aromatic nitrogens is 4. The number of anilines is 1. The molecular formula is C16H19N5O2. The van der Waals surface area contributed by atoms with Gasteiger partial charge >= 0.3 is 0 Å². The van der Waals surface area contributed by atoms with Gasteiger partial charge in [0.05, 0.1) is 17.1 Å². The number of β-amino-alcohol motifs (C(OH)–C–C–N with tert-alkyl or cyclic N) is 1. The fourth-order valence-electron chi connectivity index (χ4n) is 3.04. The molecule has 0 saturated carbocycles. The maximum atomic E-state index is 9.74. The molecule has 1 aliphatic heterocycles. The van der Waals surface area contributed by atoms with Gasteiger partial charge in [0.15, 0.2) is 5.82 Å². The summed E-state index contributed by atoms with van der Waals surface area (Å²) < 4.78 is 7.36. The summed E-state index contributed by atoms with van der Waals surface area (Å²) in [6.45, 7) is 3.45. The highest BCUT2D eigenvalue weighted by molar-refractivity contribution is 5.83. The fourth-order valence-corrected chi connectivity index (χ4v) is 3.04. The van der Waals surface area contributed by atoms with Crippen molar-refractivity contribution >= 4 is 17.0 Å². The van der Waals surface area contributed by atoms with Crippen LogP contribution in [0.5, 0.6) is 0 Å². The number of hydrogen-bond acceptors (Lipinski definition) is 6. The molecule has 1 fully saturated rings. The van der Waals surface area contributed by atoms with Gasteiger partial charge in [-0.05, 0) is 24.6 Å². The molecule has 7 heteroatoms. The Kier molecular flexibility index (Phi) is 3.30. The van der Waals surface area contributed by atoms with Gasteiger partial charge in [0, 0.05) is 32.1 Å². The number of hydrogen-bond donors (Lipinski definition) is 1. The summed E-state index contributed by atoms with van der Waals surface area (Å²) in [6.07, 6.45) is 1.27. The Morgan fingerprint density at radius 3 is 2.91 bits per heavy atom. The molecule has 1 atom stereocenters. The van der Waals surface area contributed by atoms with Gasteiger partial charge in [-0.1, -0.05) is 12.1 Å². The van der Waals surface area contributed by atoms with Gasteiger partial charge < -0.3 is 19.1 Å². The number of aliphatic hydroxyl groups excluding tert-OH is 1. The maximum absolute atomic E-state index is 9.74. The smallest absolute Gasteiger partial charge is 0.257 e. The summed E-state index contributed by atoms with van der Waals surface area (Å²) in [6, 6.07) is 5.96. The zero-order valence-corrected chi connectivity index (χ0v) is 13.2. The van der Waals surface area contributed by atoms with E-state index in [1.54, 1.807) is 0 Å². The first kappa shape index (κ1) is 14.2. The van der Waals surface area contributed by atoms with Gasteiger partial charge in [0.25, 0.3) is 5.89 Å². The van der Waals surface area contributed by atoms with Crippen molar-refractivity contribution in [3.8, 4) is 11.5 Å². The number of rotatable bonds is 3. The average molecular weight is 313 g/mol. The molecule has 0 bridgehead atoms. The van der Waals surface area contributed by atoms with Gasteiger partial charge in [-0.2, -0.15) is 4.98 Å². The van der Waals surface area contributed by atoms with Crippen LogP contribution >= 0.6 is 0 Å². The Labute approximate surface area is 133 Å². The molecule has 1 saturated heterocycles. The normalized spacial score (nSPS) is 18.2. The fraction of sp³-hybridized carbons (Fsp3) is 0.438. The lowest BCUT2D eigenvalue weighted by atomic mass is 10.2. The van der Waals surface area contributed by atoms with Crippen LogP contribution in [0.1, 0.15) is 19.2 Å². The molecule has 0 spiro atoms. The molecule has 3 heterocycles. The quantitative estimate of drug-likeness (QED) is 0.793. The summed E-state index contributed by atoms with van der Waals surface area (Å²) in [5.74, 6) is 2.11. The second-order valence-corrected chi connectivity index (χ2v) is 5.93. The van der Waals surface area contributed by atoms with E-state index in [-0.39, 0.29) is 6.10 Å². The van der Waals surface area contributed by atoms with Crippen molar-refractivity contribution in [1.82, 2.24) is 19.7 Å². The molecule has 3 aromatic rings. The van der Waals surface area contributed by atoms with Crippen LogP contribution < -0.4 is 4.90 Å². The second kappa shape index (κ2) is 5.34. The van der Waals surface area contributed by atoms with E-state index in [0.29, 0.717) is 18.3 Å². The van der Waals surface area contributed by atoms with Crippen molar-refractivity contribution < 1.29 is 9.63 Å². The van der Waals surface area contributed by atoms with E-state index >= 15 is 0 Å². The summed E-state index contributed by atoms with van der Waals surface area (Å²) >= 11 is 0. The molecule has 0 amide bonds. The Balaban J connectivity index is 1.74. The van der Waals surface area contributed by atoms with Crippen molar-refractivity contribution in [1.29, 1.82) is 0 Å². The summed E-state index contributed by atoms with van der Waals surface area (Å²) in [4.78, 5) is 11.2. The molecule has 0 aliphatic carbocycles. The Morgan fingerprint density at radius 2 is 2.22 bits per heavy atom. The van der Waals surface area contributed by atoms with E-state index in [9.17, 15) is 5.11 Å². The molecule has 7 nitrogen and oxygen atoms in total. The first-order chi connectivity index (χ1) is 11.2. The van der Waals surface area contributed by atoms with E-state index in [2.05, 4.69) is 19.6 Å². The molecule has 1 N–H and O–H groups in total. The predicted molar refractivity (Wildman–Crippen MR) is 86.2 cm³/mol. The molecule has 2 aromatic heterocycles. The summed E-state index contributed by atoms with van der Waals surface area (Å²) in [5, 5.41) is 13.7. The molecule has 120 valence electrons. The van der Waals surface area contributed by atoms with Gasteiger partial charge in [0.1, 0.15) is 0 Å². The van der Waals surface area contributed by atoms with Gasteiger partial charge in [-0.15, -0.1) is 0 Å². The molecule has 1 aromatic carbocycles. The highest BCUT2D eigenvalue weighted by Gasteiger charge is 2.24. The highest BCUT2D eigenvalue weighted by atomic mass is 16.5. The minimum atomic E-state index is -0.267. The summed E-state index contributed by atoms with van der Waals surface area (Å²) in [7, 11) is 2.00. The number of imidazole rings is 1. The van der Waals surface area contributed by atoms with Crippen molar-refractivity contribution in [3.63, 3.8) is 0 Å². The van der Waals surface area contributed by atoms with E-state index < -0.39 is 0 Å². The lowest BCUT2D eigenvalue weighted by Gasteiger charge is -2.16. The third-order valence-corrected chi connectivity index (χ3v) is 4.33. The SMILES string of the molecule is CCc1noc(-c2ccc3c(c2)nc(N2CC[C@H](O)C2)n3C)n1. The van der Waals surface area contributed by atoms with Crippen LogP contribution in [0.4, 0.5) is 5.95 Å². The van der Waals surface area contributed by atoms with E-state index in [0.717, 1.165) is 41.9 Å². The van der Waals surface area contributed by atoms with Gasteiger partial charge in [-0.25, -0.2) is 4.98 Å². The first-order valence-electron chi connectivity index (χ1n) is 7.88. The van der Waals surface area contributed by atoms with Gasteiger partial charge in [-0.3, -0.25) is 0 Å². The van der Waals surface area contributed by atoms with Crippen LogP contribution in [-0.4, -0.2) is 44.0 Å². The lowest BCUT2D eigenvalue weighted by molar-refractivity contribution is 0.198. The maximum Gasteiger partial charge on any atom is 0.257 e. The Bertz CT molecular complexity index is 853. The molecule has 0 radical (unpaired) electrons. The largest absolute Gasteiger partial charge is 0.391 e. The number of aliphatic hydroxyl groups is 1. The number of nitrogens with zero attached hydrogens (tertiary/aromatic N) is 5. The van der Waals surface area contributed by atoms with Crippen LogP contribution in [-0.2, 0) is 13.5 Å². The minimum Gasteiger partial charge on any atom is -0.391 e. The predicted octanol–water partition coefficient (Wildman–Crippen LogP) is 1.76. The van der Waals surface area contributed by atoms with Gasteiger partial charge in [0.2, 0.25) is 5.95 Å².